The highest BCUT2D eigenvalue weighted by atomic mass is 16.1. The summed E-state index contributed by atoms with van der Waals surface area (Å²) >= 11 is 0. The quantitative estimate of drug-likeness (QED) is 0.718. The standard InChI is InChI=1S/C17H17N5O/c1-19-14(7-8-18)13-9-15-16(20-10-13)21-17(23)22(15)11-12-5-3-2-4-6-12/h2-10H,11,18H2,1H3,(H,20,21,23). The monoisotopic (exact) mass is 307 g/mol. The second kappa shape index (κ2) is 6.31. The third-order valence-electron chi connectivity index (χ3n) is 3.60. The highest BCUT2D eigenvalue weighted by Gasteiger charge is 2.10. The van der Waals surface area contributed by atoms with Crippen molar-refractivity contribution in [1.82, 2.24) is 14.5 Å². The average Bonchev–Trinajstić information content (AvgIpc) is 2.89. The van der Waals surface area contributed by atoms with Gasteiger partial charge < -0.3 is 5.73 Å². The van der Waals surface area contributed by atoms with Crippen molar-refractivity contribution in [2.45, 2.75) is 6.54 Å². The lowest BCUT2D eigenvalue weighted by Gasteiger charge is -2.05. The Morgan fingerprint density at radius 2 is 2.17 bits per heavy atom. The fourth-order valence-electron chi connectivity index (χ4n) is 2.49. The summed E-state index contributed by atoms with van der Waals surface area (Å²) in [4.78, 5) is 23.5. The number of fused-ring (bicyclic) bond motifs is 1. The van der Waals surface area contributed by atoms with Gasteiger partial charge >= 0.3 is 5.69 Å². The molecule has 3 N–H and O–H groups in total. The van der Waals surface area contributed by atoms with Gasteiger partial charge in [0.25, 0.3) is 0 Å². The fraction of sp³-hybridized carbons (Fsp3) is 0.118. The van der Waals surface area contributed by atoms with E-state index < -0.39 is 0 Å². The molecule has 3 aromatic rings. The van der Waals surface area contributed by atoms with E-state index in [0.717, 1.165) is 16.6 Å². The van der Waals surface area contributed by atoms with Crippen LogP contribution in [-0.2, 0) is 6.54 Å². The van der Waals surface area contributed by atoms with Crippen LogP contribution in [0, 0.1) is 0 Å². The molecule has 0 aliphatic heterocycles. The number of aliphatic imine (C=N–C) groups is 1. The summed E-state index contributed by atoms with van der Waals surface area (Å²) in [5.41, 5.74) is 9.13. The first-order valence-electron chi connectivity index (χ1n) is 7.21. The van der Waals surface area contributed by atoms with Crippen LogP contribution in [0.2, 0.25) is 0 Å². The van der Waals surface area contributed by atoms with Crippen molar-refractivity contribution < 1.29 is 0 Å². The largest absolute Gasteiger partial charge is 0.405 e. The minimum atomic E-state index is -0.183. The van der Waals surface area contributed by atoms with E-state index in [1.54, 1.807) is 23.9 Å². The molecule has 0 unspecified atom stereocenters. The Hall–Kier alpha value is -3.15. The molecule has 0 saturated heterocycles. The molecule has 0 fully saturated rings. The molecule has 0 aliphatic carbocycles. The third kappa shape index (κ3) is 2.91. The van der Waals surface area contributed by atoms with Crippen LogP contribution in [0.4, 0.5) is 0 Å². The lowest BCUT2D eigenvalue weighted by molar-refractivity contribution is 0.787. The first-order valence-corrected chi connectivity index (χ1v) is 7.21. The molecule has 0 spiro atoms. The minimum Gasteiger partial charge on any atom is -0.405 e. The van der Waals surface area contributed by atoms with Gasteiger partial charge in [-0.1, -0.05) is 30.3 Å². The molecule has 0 saturated carbocycles. The van der Waals surface area contributed by atoms with E-state index in [9.17, 15) is 4.79 Å². The molecule has 0 aliphatic rings. The molecule has 23 heavy (non-hydrogen) atoms. The van der Waals surface area contributed by atoms with Crippen molar-refractivity contribution in [2.24, 2.45) is 10.7 Å². The van der Waals surface area contributed by atoms with Crippen molar-refractivity contribution in [3.05, 3.63) is 76.5 Å². The van der Waals surface area contributed by atoms with Crippen LogP contribution < -0.4 is 11.4 Å². The number of hydrogen-bond acceptors (Lipinski definition) is 4. The molecule has 2 aromatic heterocycles. The van der Waals surface area contributed by atoms with Gasteiger partial charge in [-0.15, -0.1) is 0 Å². The maximum absolute atomic E-state index is 12.2. The van der Waals surface area contributed by atoms with Gasteiger partial charge in [-0.2, -0.15) is 0 Å². The average molecular weight is 307 g/mol. The Morgan fingerprint density at radius 3 is 2.87 bits per heavy atom. The maximum atomic E-state index is 12.2. The molecule has 6 heteroatoms. The number of aromatic amines is 1. The zero-order chi connectivity index (χ0) is 16.2. The van der Waals surface area contributed by atoms with E-state index in [2.05, 4.69) is 15.0 Å². The first-order chi connectivity index (χ1) is 11.2. The first kappa shape index (κ1) is 14.8. The maximum Gasteiger partial charge on any atom is 0.327 e. The van der Waals surface area contributed by atoms with Gasteiger partial charge in [0.2, 0.25) is 0 Å². The Labute approximate surface area is 133 Å². The van der Waals surface area contributed by atoms with Crippen LogP contribution in [0.3, 0.4) is 0 Å². The van der Waals surface area contributed by atoms with Crippen molar-refractivity contribution in [3.8, 4) is 0 Å². The summed E-state index contributed by atoms with van der Waals surface area (Å²) in [7, 11) is 1.69. The number of imidazole rings is 1. The van der Waals surface area contributed by atoms with Gasteiger partial charge in [0, 0.05) is 18.8 Å². The number of rotatable bonds is 4. The number of nitrogens with one attached hydrogen (secondary N) is 1. The fourth-order valence-corrected chi connectivity index (χ4v) is 2.49. The van der Waals surface area contributed by atoms with E-state index in [4.69, 9.17) is 5.73 Å². The van der Waals surface area contributed by atoms with Gasteiger partial charge in [-0.3, -0.25) is 14.5 Å². The lowest BCUT2D eigenvalue weighted by atomic mass is 10.1. The van der Waals surface area contributed by atoms with Crippen molar-refractivity contribution in [2.75, 3.05) is 7.05 Å². The number of hydrogen-bond donors (Lipinski definition) is 2. The predicted molar refractivity (Wildman–Crippen MR) is 91.7 cm³/mol. The molecular weight excluding hydrogens is 290 g/mol. The molecule has 0 atom stereocenters. The van der Waals surface area contributed by atoms with Gasteiger partial charge in [-0.05, 0) is 23.9 Å². The van der Waals surface area contributed by atoms with E-state index in [1.807, 2.05) is 36.4 Å². The van der Waals surface area contributed by atoms with Crippen LogP contribution in [0.5, 0.6) is 0 Å². The van der Waals surface area contributed by atoms with E-state index in [1.165, 1.54) is 6.20 Å². The molecule has 6 nitrogen and oxygen atoms in total. The van der Waals surface area contributed by atoms with Crippen molar-refractivity contribution >= 4 is 16.9 Å². The number of nitrogens with zero attached hydrogens (tertiary/aromatic N) is 3. The zero-order valence-corrected chi connectivity index (χ0v) is 12.7. The third-order valence-corrected chi connectivity index (χ3v) is 3.60. The SMILES string of the molecule is CN=C(C=CN)c1cnc2[nH]c(=O)n(Cc3ccccc3)c2c1. The minimum absolute atomic E-state index is 0.183. The summed E-state index contributed by atoms with van der Waals surface area (Å²) < 4.78 is 1.67. The predicted octanol–water partition coefficient (Wildman–Crippen LogP) is 1.66. The van der Waals surface area contributed by atoms with Gasteiger partial charge in [-0.25, -0.2) is 9.78 Å². The van der Waals surface area contributed by atoms with Crippen LogP contribution in [0.15, 0.2) is 64.7 Å². The van der Waals surface area contributed by atoms with Gasteiger partial charge in [0.15, 0.2) is 5.65 Å². The van der Waals surface area contributed by atoms with Crippen molar-refractivity contribution in [1.29, 1.82) is 0 Å². The normalized spacial score (nSPS) is 12.3. The highest BCUT2D eigenvalue weighted by molar-refractivity contribution is 6.09. The number of allylic oxidation sites excluding steroid dienone is 1. The highest BCUT2D eigenvalue weighted by Crippen LogP contribution is 2.13. The molecule has 0 bridgehead atoms. The van der Waals surface area contributed by atoms with E-state index >= 15 is 0 Å². The molecule has 0 amide bonds. The van der Waals surface area contributed by atoms with Crippen molar-refractivity contribution in [3.63, 3.8) is 0 Å². The molecule has 116 valence electrons. The van der Waals surface area contributed by atoms with Crippen LogP contribution >= 0.6 is 0 Å². The Kier molecular flexibility index (Phi) is 4.05. The number of pyridine rings is 1. The molecule has 2 heterocycles. The summed E-state index contributed by atoms with van der Waals surface area (Å²) in [6.45, 7) is 0.482. The lowest BCUT2D eigenvalue weighted by Crippen LogP contribution is -2.17. The van der Waals surface area contributed by atoms with Crippen LogP contribution in [-0.4, -0.2) is 27.3 Å². The second-order valence-electron chi connectivity index (χ2n) is 5.06. The van der Waals surface area contributed by atoms with Crippen LogP contribution in [0.25, 0.3) is 11.2 Å². The molecule has 3 rings (SSSR count). The number of nitrogens with two attached hydrogens (primary N) is 1. The number of aromatic nitrogens is 3. The Balaban J connectivity index is 2.11. The molecular formula is C17H17N5O. The second-order valence-corrected chi connectivity index (χ2v) is 5.06. The summed E-state index contributed by atoms with van der Waals surface area (Å²) in [6.07, 6.45) is 4.81. The van der Waals surface area contributed by atoms with Gasteiger partial charge in [0.05, 0.1) is 17.8 Å². The number of benzene rings is 1. The van der Waals surface area contributed by atoms with Crippen LogP contribution in [0.1, 0.15) is 11.1 Å². The summed E-state index contributed by atoms with van der Waals surface area (Å²) in [5, 5.41) is 0. The molecule has 0 radical (unpaired) electrons. The number of H-pyrrole nitrogens is 1. The van der Waals surface area contributed by atoms with E-state index in [0.29, 0.717) is 17.9 Å². The topological polar surface area (TPSA) is 89.1 Å². The Bertz CT molecular complexity index is 935. The zero-order valence-electron chi connectivity index (χ0n) is 12.7. The van der Waals surface area contributed by atoms with E-state index in [-0.39, 0.29) is 5.69 Å². The summed E-state index contributed by atoms with van der Waals surface area (Å²) in [5.74, 6) is 0. The summed E-state index contributed by atoms with van der Waals surface area (Å²) in [6, 6.07) is 11.7. The Morgan fingerprint density at radius 1 is 1.39 bits per heavy atom. The smallest absolute Gasteiger partial charge is 0.327 e. The molecule has 1 aromatic carbocycles. The van der Waals surface area contributed by atoms with Gasteiger partial charge in [0.1, 0.15) is 0 Å².